The zero-order chi connectivity index (χ0) is 12.3. The van der Waals surface area contributed by atoms with Crippen LogP contribution in [0.15, 0.2) is 16.0 Å². The standard InChI is InChI=1S/C9H11N5O2S/c1-5-6(2)16-9(12-5)17-3-7(15)13-8-10-4-11-14-8/h4H,3H2,1-2H3,(H2,10,11,13,14,15). The molecule has 0 saturated heterocycles. The van der Waals surface area contributed by atoms with Gasteiger partial charge in [-0.05, 0) is 13.8 Å². The van der Waals surface area contributed by atoms with E-state index in [0.29, 0.717) is 11.2 Å². The highest BCUT2D eigenvalue weighted by molar-refractivity contribution is 7.99. The molecule has 90 valence electrons. The molecule has 2 N–H and O–H groups in total. The largest absolute Gasteiger partial charge is 0.437 e. The molecule has 0 radical (unpaired) electrons. The van der Waals surface area contributed by atoms with Crippen molar-refractivity contribution in [1.82, 2.24) is 20.2 Å². The molecule has 0 aliphatic rings. The van der Waals surface area contributed by atoms with E-state index in [1.165, 1.54) is 18.1 Å². The van der Waals surface area contributed by atoms with Crippen molar-refractivity contribution in [2.75, 3.05) is 11.1 Å². The molecule has 2 rings (SSSR count). The number of oxazole rings is 1. The number of anilines is 1. The van der Waals surface area contributed by atoms with Crippen molar-refractivity contribution in [3.8, 4) is 0 Å². The first kappa shape index (κ1) is 11.6. The van der Waals surface area contributed by atoms with E-state index in [9.17, 15) is 4.79 Å². The molecule has 0 bridgehead atoms. The van der Waals surface area contributed by atoms with Crippen molar-refractivity contribution < 1.29 is 9.21 Å². The van der Waals surface area contributed by atoms with Crippen LogP contribution in [0.4, 0.5) is 5.95 Å². The van der Waals surface area contributed by atoms with Crippen LogP contribution < -0.4 is 5.32 Å². The second-order valence-electron chi connectivity index (χ2n) is 3.29. The fourth-order valence-corrected chi connectivity index (χ4v) is 1.78. The second kappa shape index (κ2) is 5.00. The van der Waals surface area contributed by atoms with Gasteiger partial charge in [0.15, 0.2) is 0 Å². The zero-order valence-corrected chi connectivity index (χ0v) is 10.2. The predicted molar refractivity (Wildman–Crippen MR) is 61.7 cm³/mol. The molecule has 0 saturated carbocycles. The molecule has 0 fully saturated rings. The summed E-state index contributed by atoms with van der Waals surface area (Å²) in [6.45, 7) is 3.69. The molecule has 2 aromatic rings. The number of aromatic amines is 1. The number of carbonyl (C=O) groups is 1. The van der Waals surface area contributed by atoms with Crippen molar-refractivity contribution in [1.29, 1.82) is 0 Å². The van der Waals surface area contributed by atoms with Gasteiger partial charge in [0.05, 0.1) is 11.4 Å². The third-order valence-corrected chi connectivity index (χ3v) is 2.84. The Morgan fingerprint density at radius 1 is 1.59 bits per heavy atom. The predicted octanol–water partition coefficient (Wildman–Crippen LogP) is 1.14. The Morgan fingerprint density at radius 3 is 3.00 bits per heavy atom. The van der Waals surface area contributed by atoms with E-state index in [2.05, 4.69) is 25.5 Å². The number of aryl methyl sites for hydroxylation is 2. The maximum atomic E-state index is 11.5. The van der Waals surface area contributed by atoms with Gasteiger partial charge in [-0.2, -0.15) is 10.1 Å². The van der Waals surface area contributed by atoms with E-state index in [1.54, 1.807) is 0 Å². The minimum atomic E-state index is -0.194. The van der Waals surface area contributed by atoms with Gasteiger partial charge in [0.2, 0.25) is 11.9 Å². The van der Waals surface area contributed by atoms with Crippen LogP contribution in [0.3, 0.4) is 0 Å². The number of thioether (sulfide) groups is 1. The van der Waals surface area contributed by atoms with Gasteiger partial charge in [0, 0.05) is 0 Å². The Kier molecular flexibility index (Phi) is 3.43. The van der Waals surface area contributed by atoms with Crippen molar-refractivity contribution >= 4 is 23.6 Å². The Labute approximate surface area is 101 Å². The highest BCUT2D eigenvalue weighted by Crippen LogP contribution is 2.19. The Morgan fingerprint density at radius 2 is 2.41 bits per heavy atom. The summed E-state index contributed by atoms with van der Waals surface area (Å²) in [7, 11) is 0. The number of hydrogen-bond donors (Lipinski definition) is 2. The first-order valence-electron chi connectivity index (χ1n) is 4.87. The molecule has 0 atom stereocenters. The van der Waals surface area contributed by atoms with E-state index in [0.717, 1.165) is 11.5 Å². The lowest BCUT2D eigenvalue weighted by atomic mass is 10.4. The molecule has 2 aromatic heterocycles. The van der Waals surface area contributed by atoms with Gasteiger partial charge in [-0.25, -0.2) is 10.1 Å². The molecule has 0 aromatic carbocycles. The second-order valence-corrected chi connectivity index (χ2v) is 4.22. The van der Waals surface area contributed by atoms with Crippen LogP contribution in [0.2, 0.25) is 0 Å². The maximum absolute atomic E-state index is 11.5. The van der Waals surface area contributed by atoms with Crippen molar-refractivity contribution in [3.05, 3.63) is 17.8 Å². The zero-order valence-electron chi connectivity index (χ0n) is 9.35. The summed E-state index contributed by atoms with van der Waals surface area (Å²) in [5.41, 5.74) is 0.836. The summed E-state index contributed by atoms with van der Waals surface area (Å²) < 4.78 is 5.34. The smallest absolute Gasteiger partial charge is 0.256 e. The summed E-state index contributed by atoms with van der Waals surface area (Å²) >= 11 is 1.23. The number of aromatic nitrogens is 4. The van der Waals surface area contributed by atoms with E-state index >= 15 is 0 Å². The number of nitrogens with one attached hydrogen (secondary N) is 2. The minimum absolute atomic E-state index is 0.194. The lowest BCUT2D eigenvalue weighted by molar-refractivity contribution is -0.113. The molecule has 0 spiro atoms. The van der Waals surface area contributed by atoms with Crippen LogP contribution in [-0.4, -0.2) is 31.8 Å². The van der Waals surface area contributed by atoms with Crippen LogP contribution in [-0.2, 0) is 4.79 Å². The fourth-order valence-electron chi connectivity index (χ4n) is 1.07. The lowest BCUT2D eigenvalue weighted by Gasteiger charge is -1.98. The average Bonchev–Trinajstić information content (AvgIpc) is 2.87. The molecule has 0 aliphatic heterocycles. The summed E-state index contributed by atoms with van der Waals surface area (Å²) in [6.07, 6.45) is 1.32. The van der Waals surface area contributed by atoms with Crippen LogP contribution in [0.25, 0.3) is 0 Å². The molecule has 8 heteroatoms. The maximum Gasteiger partial charge on any atom is 0.256 e. The van der Waals surface area contributed by atoms with E-state index in [1.807, 2.05) is 13.8 Å². The van der Waals surface area contributed by atoms with Crippen molar-refractivity contribution in [2.24, 2.45) is 0 Å². The molecule has 0 unspecified atom stereocenters. The average molecular weight is 253 g/mol. The van der Waals surface area contributed by atoms with E-state index < -0.39 is 0 Å². The topological polar surface area (TPSA) is 96.7 Å². The summed E-state index contributed by atoms with van der Waals surface area (Å²) in [5.74, 6) is 1.11. The summed E-state index contributed by atoms with van der Waals surface area (Å²) in [6, 6.07) is 0. The number of H-pyrrole nitrogens is 1. The lowest BCUT2D eigenvalue weighted by Crippen LogP contribution is -2.15. The number of amides is 1. The molecular weight excluding hydrogens is 242 g/mol. The fraction of sp³-hybridized carbons (Fsp3) is 0.333. The number of hydrogen-bond acceptors (Lipinski definition) is 6. The molecule has 17 heavy (non-hydrogen) atoms. The number of nitrogens with zero attached hydrogens (tertiary/aromatic N) is 3. The van der Waals surface area contributed by atoms with Crippen molar-refractivity contribution in [2.45, 2.75) is 19.1 Å². The van der Waals surface area contributed by atoms with E-state index in [4.69, 9.17) is 4.42 Å². The third kappa shape index (κ3) is 3.06. The molecule has 0 aliphatic carbocycles. The van der Waals surface area contributed by atoms with Gasteiger partial charge in [0.1, 0.15) is 12.1 Å². The van der Waals surface area contributed by atoms with Gasteiger partial charge in [-0.1, -0.05) is 11.8 Å². The van der Waals surface area contributed by atoms with Gasteiger partial charge < -0.3 is 4.42 Å². The number of carbonyl (C=O) groups excluding carboxylic acids is 1. The first-order chi connectivity index (χ1) is 8.15. The molecular formula is C9H11N5O2S. The monoisotopic (exact) mass is 253 g/mol. The van der Waals surface area contributed by atoms with Crippen LogP contribution in [0, 0.1) is 13.8 Å². The quantitative estimate of drug-likeness (QED) is 0.793. The highest BCUT2D eigenvalue weighted by Gasteiger charge is 2.10. The third-order valence-electron chi connectivity index (χ3n) is 2.01. The van der Waals surface area contributed by atoms with Gasteiger partial charge in [-0.3, -0.25) is 10.1 Å². The molecule has 2 heterocycles. The van der Waals surface area contributed by atoms with Crippen molar-refractivity contribution in [3.63, 3.8) is 0 Å². The van der Waals surface area contributed by atoms with E-state index in [-0.39, 0.29) is 11.7 Å². The summed E-state index contributed by atoms with van der Waals surface area (Å²) in [5, 5.41) is 9.21. The Balaban J connectivity index is 1.84. The van der Waals surface area contributed by atoms with Crippen LogP contribution >= 0.6 is 11.8 Å². The highest BCUT2D eigenvalue weighted by atomic mass is 32.2. The van der Waals surface area contributed by atoms with Gasteiger partial charge in [0.25, 0.3) is 5.22 Å². The molecule has 1 amide bonds. The number of rotatable bonds is 4. The minimum Gasteiger partial charge on any atom is -0.437 e. The van der Waals surface area contributed by atoms with Gasteiger partial charge in [-0.15, -0.1) is 0 Å². The van der Waals surface area contributed by atoms with Gasteiger partial charge >= 0.3 is 0 Å². The Bertz CT molecular complexity index is 488. The first-order valence-corrected chi connectivity index (χ1v) is 5.86. The SMILES string of the molecule is Cc1nc(SCC(=O)Nc2ncn[nH]2)oc1C. The summed E-state index contributed by atoms with van der Waals surface area (Å²) in [4.78, 5) is 19.4. The normalized spacial score (nSPS) is 10.5. The Hall–Kier alpha value is -1.83. The molecule has 7 nitrogen and oxygen atoms in total. The van der Waals surface area contributed by atoms with Crippen LogP contribution in [0.5, 0.6) is 0 Å². The van der Waals surface area contributed by atoms with Crippen LogP contribution in [0.1, 0.15) is 11.5 Å².